The van der Waals surface area contributed by atoms with Crippen molar-refractivity contribution >= 4 is 17.5 Å². The van der Waals surface area contributed by atoms with E-state index in [0.29, 0.717) is 36.8 Å². The zero-order valence-electron chi connectivity index (χ0n) is 12.0. The largest absolute Gasteiger partial charge is 0.484 e. The van der Waals surface area contributed by atoms with Gasteiger partial charge in [-0.2, -0.15) is 0 Å². The van der Waals surface area contributed by atoms with Crippen LogP contribution in [0, 0.1) is 0 Å². The van der Waals surface area contributed by atoms with Gasteiger partial charge in [0.05, 0.1) is 5.60 Å². The summed E-state index contributed by atoms with van der Waals surface area (Å²) < 4.78 is 10.6. The molecular formula is C15H20ClNO4. The lowest BCUT2D eigenvalue weighted by Gasteiger charge is -2.35. The van der Waals surface area contributed by atoms with Gasteiger partial charge in [0.1, 0.15) is 5.75 Å². The minimum absolute atomic E-state index is 0.0799. The number of rotatable bonds is 5. The van der Waals surface area contributed by atoms with Crippen LogP contribution >= 0.6 is 11.6 Å². The fourth-order valence-electron chi connectivity index (χ4n) is 2.25. The fraction of sp³-hybridized carbons (Fsp3) is 0.533. The van der Waals surface area contributed by atoms with Crippen molar-refractivity contribution in [2.45, 2.75) is 18.4 Å². The van der Waals surface area contributed by atoms with E-state index in [1.54, 1.807) is 31.3 Å². The second-order valence-electron chi connectivity index (χ2n) is 5.33. The van der Waals surface area contributed by atoms with Crippen molar-refractivity contribution in [3.8, 4) is 5.75 Å². The molecular weight excluding hydrogens is 294 g/mol. The van der Waals surface area contributed by atoms with Crippen LogP contribution in [0.2, 0.25) is 5.02 Å². The summed E-state index contributed by atoms with van der Waals surface area (Å²) in [6.45, 7) is 1.26. The minimum Gasteiger partial charge on any atom is -0.484 e. The van der Waals surface area contributed by atoms with Gasteiger partial charge in [0.2, 0.25) is 0 Å². The SMILES string of the molecule is CN(CC1(O)CCOCC1)C(=O)COc1cccc(Cl)c1. The van der Waals surface area contributed by atoms with Crippen LogP contribution in [0.15, 0.2) is 24.3 Å². The topological polar surface area (TPSA) is 59.0 Å². The Kier molecular flexibility index (Phi) is 5.45. The quantitative estimate of drug-likeness (QED) is 0.899. The molecule has 116 valence electrons. The normalized spacial score (nSPS) is 17.3. The van der Waals surface area contributed by atoms with E-state index in [0.717, 1.165) is 0 Å². The first kappa shape index (κ1) is 16.1. The summed E-state index contributed by atoms with van der Waals surface area (Å²) in [4.78, 5) is 13.5. The predicted molar refractivity (Wildman–Crippen MR) is 79.6 cm³/mol. The number of aliphatic hydroxyl groups is 1. The van der Waals surface area contributed by atoms with Gasteiger partial charge in [-0.05, 0) is 18.2 Å². The van der Waals surface area contributed by atoms with Crippen LogP contribution in [0.5, 0.6) is 5.75 Å². The summed E-state index contributed by atoms with van der Waals surface area (Å²) in [6.07, 6.45) is 1.08. The molecule has 0 unspecified atom stereocenters. The Hall–Kier alpha value is -1.30. The van der Waals surface area contributed by atoms with E-state index in [4.69, 9.17) is 21.1 Å². The second-order valence-corrected chi connectivity index (χ2v) is 5.77. The average molecular weight is 314 g/mol. The monoisotopic (exact) mass is 313 g/mol. The van der Waals surface area contributed by atoms with Gasteiger partial charge in [-0.25, -0.2) is 0 Å². The summed E-state index contributed by atoms with van der Waals surface area (Å²) >= 11 is 5.85. The number of hydrogen-bond acceptors (Lipinski definition) is 4. The molecule has 0 spiro atoms. The highest BCUT2D eigenvalue weighted by Gasteiger charge is 2.32. The first-order chi connectivity index (χ1) is 9.98. The molecule has 1 aliphatic rings. The van der Waals surface area contributed by atoms with Crippen LogP contribution in [0.1, 0.15) is 12.8 Å². The standard InChI is InChI=1S/C15H20ClNO4/c1-17(11-15(19)5-7-20-8-6-15)14(18)10-21-13-4-2-3-12(16)9-13/h2-4,9,19H,5-8,10-11H2,1H3. The van der Waals surface area contributed by atoms with Crippen molar-refractivity contribution in [3.05, 3.63) is 29.3 Å². The van der Waals surface area contributed by atoms with Gasteiger partial charge in [-0.3, -0.25) is 4.79 Å². The molecule has 0 aromatic heterocycles. The zero-order chi connectivity index (χ0) is 15.3. The van der Waals surface area contributed by atoms with E-state index in [1.165, 1.54) is 4.90 Å². The predicted octanol–water partition coefficient (Wildman–Crippen LogP) is 1.72. The van der Waals surface area contributed by atoms with Gasteiger partial charge in [-0.15, -0.1) is 0 Å². The highest BCUT2D eigenvalue weighted by Crippen LogP contribution is 2.21. The third-order valence-corrected chi connectivity index (χ3v) is 3.77. The maximum atomic E-state index is 12.0. The summed E-state index contributed by atoms with van der Waals surface area (Å²) in [6, 6.07) is 6.89. The molecule has 1 amide bonds. The molecule has 1 aromatic rings. The number of carbonyl (C=O) groups is 1. The Balaban J connectivity index is 1.82. The Bertz CT molecular complexity index is 488. The van der Waals surface area contributed by atoms with Gasteiger partial charge < -0.3 is 19.5 Å². The van der Waals surface area contributed by atoms with E-state index in [1.807, 2.05) is 0 Å². The van der Waals surface area contributed by atoms with Gasteiger partial charge in [0, 0.05) is 44.7 Å². The van der Waals surface area contributed by atoms with E-state index in [9.17, 15) is 9.90 Å². The number of carbonyl (C=O) groups excluding carboxylic acids is 1. The molecule has 1 aromatic carbocycles. The number of nitrogens with zero attached hydrogens (tertiary/aromatic N) is 1. The van der Waals surface area contributed by atoms with Crippen molar-refractivity contribution in [1.82, 2.24) is 4.90 Å². The van der Waals surface area contributed by atoms with Crippen molar-refractivity contribution in [2.75, 3.05) is 33.4 Å². The third-order valence-electron chi connectivity index (χ3n) is 3.54. The van der Waals surface area contributed by atoms with Crippen LogP contribution in [0.3, 0.4) is 0 Å². The molecule has 0 saturated carbocycles. The third kappa shape index (κ3) is 4.88. The van der Waals surface area contributed by atoms with Crippen LogP contribution in [-0.2, 0) is 9.53 Å². The Morgan fingerprint density at radius 3 is 2.86 bits per heavy atom. The van der Waals surface area contributed by atoms with Gasteiger partial charge >= 0.3 is 0 Å². The van der Waals surface area contributed by atoms with Crippen molar-refractivity contribution in [3.63, 3.8) is 0 Å². The molecule has 1 heterocycles. The highest BCUT2D eigenvalue weighted by atomic mass is 35.5. The molecule has 0 bridgehead atoms. The van der Waals surface area contributed by atoms with E-state index < -0.39 is 5.60 Å². The molecule has 2 rings (SSSR count). The summed E-state index contributed by atoms with van der Waals surface area (Å²) in [5.74, 6) is 0.365. The molecule has 1 fully saturated rings. The lowest BCUT2D eigenvalue weighted by atomic mass is 9.94. The van der Waals surface area contributed by atoms with Gasteiger partial charge in [0.15, 0.2) is 6.61 Å². The van der Waals surface area contributed by atoms with Crippen LogP contribution in [0.4, 0.5) is 0 Å². The molecule has 6 heteroatoms. The highest BCUT2D eigenvalue weighted by molar-refractivity contribution is 6.30. The smallest absolute Gasteiger partial charge is 0.260 e. The molecule has 0 radical (unpaired) electrons. The summed E-state index contributed by atoms with van der Waals surface area (Å²) in [5, 5.41) is 10.9. The molecule has 1 saturated heterocycles. The van der Waals surface area contributed by atoms with E-state index in [2.05, 4.69) is 0 Å². The number of hydrogen-bond donors (Lipinski definition) is 1. The lowest BCUT2D eigenvalue weighted by molar-refractivity contribution is -0.138. The number of amides is 1. The zero-order valence-corrected chi connectivity index (χ0v) is 12.8. The van der Waals surface area contributed by atoms with Crippen LogP contribution in [0.25, 0.3) is 0 Å². The van der Waals surface area contributed by atoms with Crippen molar-refractivity contribution in [2.24, 2.45) is 0 Å². The van der Waals surface area contributed by atoms with Crippen molar-refractivity contribution < 1.29 is 19.4 Å². The van der Waals surface area contributed by atoms with Crippen molar-refractivity contribution in [1.29, 1.82) is 0 Å². The summed E-state index contributed by atoms with van der Waals surface area (Å²) in [5.41, 5.74) is -0.862. The van der Waals surface area contributed by atoms with E-state index in [-0.39, 0.29) is 19.1 Å². The minimum atomic E-state index is -0.862. The number of benzene rings is 1. The lowest BCUT2D eigenvalue weighted by Crippen LogP contribution is -2.48. The Morgan fingerprint density at radius 1 is 1.48 bits per heavy atom. The average Bonchev–Trinajstić information content (AvgIpc) is 2.45. The number of ether oxygens (including phenoxy) is 2. The van der Waals surface area contributed by atoms with Crippen LogP contribution < -0.4 is 4.74 Å². The molecule has 1 N–H and O–H groups in total. The first-order valence-corrected chi connectivity index (χ1v) is 7.29. The molecule has 0 atom stereocenters. The Labute approximate surface area is 129 Å². The van der Waals surface area contributed by atoms with Gasteiger partial charge in [-0.1, -0.05) is 17.7 Å². The summed E-state index contributed by atoms with van der Waals surface area (Å²) in [7, 11) is 1.66. The number of likely N-dealkylation sites (N-methyl/N-ethyl adjacent to an activating group) is 1. The maximum absolute atomic E-state index is 12.0. The molecule has 0 aliphatic carbocycles. The first-order valence-electron chi connectivity index (χ1n) is 6.91. The van der Waals surface area contributed by atoms with Crippen LogP contribution in [-0.4, -0.2) is 54.9 Å². The maximum Gasteiger partial charge on any atom is 0.260 e. The number of halogens is 1. The fourth-order valence-corrected chi connectivity index (χ4v) is 2.43. The molecule has 21 heavy (non-hydrogen) atoms. The molecule has 5 nitrogen and oxygen atoms in total. The Morgan fingerprint density at radius 2 is 2.19 bits per heavy atom. The molecule has 1 aliphatic heterocycles. The second kappa shape index (κ2) is 7.11. The van der Waals surface area contributed by atoms with E-state index >= 15 is 0 Å². The van der Waals surface area contributed by atoms with Gasteiger partial charge in [0.25, 0.3) is 5.91 Å².